The van der Waals surface area contributed by atoms with Crippen LogP contribution >= 0.6 is 0 Å². The highest BCUT2D eigenvalue weighted by atomic mass is 16.2. The summed E-state index contributed by atoms with van der Waals surface area (Å²) in [5, 5.41) is 5.92. The first kappa shape index (κ1) is 11.8. The van der Waals surface area contributed by atoms with Crippen LogP contribution in [0.15, 0.2) is 22.4 Å². The molecule has 16 heavy (non-hydrogen) atoms. The van der Waals surface area contributed by atoms with E-state index in [0.29, 0.717) is 12.8 Å². The van der Waals surface area contributed by atoms with Gasteiger partial charge in [0.05, 0.1) is 0 Å². The molecular formula is C8H8N6O2. The molecule has 2 atom stereocenters. The van der Waals surface area contributed by atoms with Crippen molar-refractivity contribution in [2.45, 2.75) is 12.8 Å². The lowest BCUT2D eigenvalue weighted by atomic mass is 9.82. The van der Waals surface area contributed by atoms with E-state index in [1.54, 1.807) is 12.2 Å². The second kappa shape index (κ2) is 5.55. The molecule has 2 amide bonds. The van der Waals surface area contributed by atoms with Crippen molar-refractivity contribution in [1.29, 1.82) is 0 Å². The summed E-state index contributed by atoms with van der Waals surface area (Å²) in [4.78, 5) is 27.5. The molecule has 0 heterocycles. The van der Waals surface area contributed by atoms with Crippen molar-refractivity contribution in [3.8, 4) is 0 Å². The topological polar surface area (TPSA) is 132 Å². The third-order valence-corrected chi connectivity index (χ3v) is 2.35. The van der Waals surface area contributed by atoms with Gasteiger partial charge in [-0.3, -0.25) is 9.59 Å². The zero-order valence-electron chi connectivity index (χ0n) is 8.22. The highest BCUT2D eigenvalue weighted by molar-refractivity contribution is 5.89. The molecule has 82 valence electrons. The van der Waals surface area contributed by atoms with Crippen LogP contribution in [0.25, 0.3) is 20.9 Å². The summed E-state index contributed by atoms with van der Waals surface area (Å²) in [6.45, 7) is 0. The summed E-state index contributed by atoms with van der Waals surface area (Å²) >= 11 is 0. The van der Waals surface area contributed by atoms with E-state index in [1.807, 2.05) is 0 Å². The maximum absolute atomic E-state index is 11.4. The van der Waals surface area contributed by atoms with E-state index in [4.69, 9.17) is 11.1 Å². The molecule has 0 aromatic heterocycles. The Balaban J connectivity index is 2.92. The monoisotopic (exact) mass is 220 g/mol. The van der Waals surface area contributed by atoms with E-state index in [2.05, 4.69) is 20.1 Å². The number of rotatable bonds is 2. The van der Waals surface area contributed by atoms with Crippen LogP contribution in [0.5, 0.6) is 0 Å². The summed E-state index contributed by atoms with van der Waals surface area (Å²) in [6.07, 6.45) is 4.09. The Morgan fingerprint density at radius 2 is 1.38 bits per heavy atom. The van der Waals surface area contributed by atoms with Crippen LogP contribution < -0.4 is 0 Å². The molecular weight excluding hydrogens is 212 g/mol. The minimum atomic E-state index is -0.723. The van der Waals surface area contributed by atoms with Crippen LogP contribution in [-0.4, -0.2) is 11.8 Å². The SMILES string of the molecule is [N-]=[N+]=NC(=O)[C@H]1CC=CC[C@H]1C(=O)N=[N+]=[N-]. The van der Waals surface area contributed by atoms with E-state index in [0.717, 1.165) is 0 Å². The highest BCUT2D eigenvalue weighted by Crippen LogP contribution is 2.28. The molecule has 0 aromatic carbocycles. The lowest BCUT2D eigenvalue weighted by Gasteiger charge is -2.22. The molecule has 0 N–H and O–H groups in total. The number of amides is 2. The van der Waals surface area contributed by atoms with Crippen LogP contribution in [0.4, 0.5) is 0 Å². The molecule has 8 nitrogen and oxygen atoms in total. The van der Waals surface area contributed by atoms with Crippen LogP contribution in [0.3, 0.4) is 0 Å². The smallest absolute Gasteiger partial charge is 0.223 e. The molecule has 0 saturated heterocycles. The number of nitrogens with zero attached hydrogens (tertiary/aromatic N) is 6. The van der Waals surface area contributed by atoms with Gasteiger partial charge >= 0.3 is 0 Å². The molecule has 0 radical (unpaired) electrons. The number of allylic oxidation sites excluding steroid dienone is 2. The van der Waals surface area contributed by atoms with Crippen LogP contribution in [0.1, 0.15) is 12.8 Å². The third kappa shape index (κ3) is 2.60. The van der Waals surface area contributed by atoms with Gasteiger partial charge in [0, 0.05) is 21.7 Å². The average molecular weight is 220 g/mol. The van der Waals surface area contributed by atoms with Gasteiger partial charge in [-0.15, -0.1) is 0 Å². The molecule has 8 heteroatoms. The quantitative estimate of drug-likeness (QED) is 0.305. The fourth-order valence-corrected chi connectivity index (χ4v) is 1.60. The summed E-state index contributed by atoms with van der Waals surface area (Å²) in [5.41, 5.74) is 16.3. The van der Waals surface area contributed by atoms with Crippen molar-refractivity contribution in [3.63, 3.8) is 0 Å². The molecule has 0 aromatic rings. The van der Waals surface area contributed by atoms with E-state index >= 15 is 0 Å². The number of carbonyl (C=O) groups excluding carboxylic acids is 2. The van der Waals surface area contributed by atoms with E-state index < -0.39 is 23.7 Å². The van der Waals surface area contributed by atoms with Gasteiger partial charge in [0.2, 0.25) is 11.8 Å². The van der Waals surface area contributed by atoms with Crippen LogP contribution in [0, 0.1) is 11.8 Å². The normalized spacial score (nSPS) is 22.8. The minimum Gasteiger partial charge on any atom is -0.292 e. The fourth-order valence-electron chi connectivity index (χ4n) is 1.60. The van der Waals surface area contributed by atoms with E-state index in [1.165, 1.54) is 0 Å². The molecule has 0 bridgehead atoms. The van der Waals surface area contributed by atoms with Gasteiger partial charge in [0.15, 0.2) is 0 Å². The fraction of sp³-hybridized carbons (Fsp3) is 0.500. The first-order valence-electron chi connectivity index (χ1n) is 4.53. The van der Waals surface area contributed by atoms with Crippen molar-refractivity contribution in [1.82, 2.24) is 0 Å². The Morgan fingerprint density at radius 1 is 1.00 bits per heavy atom. The maximum atomic E-state index is 11.4. The zero-order valence-corrected chi connectivity index (χ0v) is 8.22. The van der Waals surface area contributed by atoms with Crippen LogP contribution in [0.2, 0.25) is 0 Å². The summed E-state index contributed by atoms with van der Waals surface area (Å²) < 4.78 is 0. The Bertz CT molecular complexity index is 390. The molecule has 0 unspecified atom stereocenters. The van der Waals surface area contributed by atoms with Crippen LogP contribution in [-0.2, 0) is 9.59 Å². The van der Waals surface area contributed by atoms with Gasteiger partial charge in [0.25, 0.3) is 0 Å². The standard InChI is InChI=1S/C8H8N6O2/c9-13-11-7(15)5-3-1-2-4-6(5)8(16)12-14-10/h1-2,5-6H,3-4H2/t5-,6+. The average Bonchev–Trinajstić information content (AvgIpc) is 2.30. The Morgan fingerprint density at radius 3 is 1.69 bits per heavy atom. The minimum absolute atomic E-state index is 0.315. The number of carbonyl (C=O) groups is 2. The predicted molar refractivity (Wildman–Crippen MR) is 53.7 cm³/mol. The van der Waals surface area contributed by atoms with Gasteiger partial charge in [-0.2, -0.15) is 0 Å². The lowest BCUT2D eigenvalue weighted by molar-refractivity contribution is -0.131. The second-order valence-electron chi connectivity index (χ2n) is 3.21. The number of hydrogen-bond donors (Lipinski definition) is 0. The van der Waals surface area contributed by atoms with Gasteiger partial charge in [-0.1, -0.05) is 12.2 Å². The molecule has 1 rings (SSSR count). The van der Waals surface area contributed by atoms with Crippen molar-refractivity contribution in [2.75, 3.05) is 0 Å². The Hall–Kier alpha value is -2.30. The molecule has 0 saturated carbocycles. The van der Waals surface area contributed by atoms with Crippen molar-refractivity contribution in [2.24, 2.45) is 22.1 Å². The second-order valence-corrected chi connectivity index (χ2v) is 3.21. The van der Waals surface area contributed by atoms with Crippen molar-refractivity contribution < 1.29 is 9.59 Å². The lowest BCUT2D eigenvalue weighted by Crippen LogP contribution is -2.29. The van der Waals surface area contributed by atoms with Crippen molar-refractivity contribution >= 4 is 11.8 Å². The summed E-state index contributed by atoms with van der Waals surface area (Å²) in [7, 11) is 0. The molecule has 1 aliphatic carbocycles. The number of azide groups is 2. The van der Waals surface area contributed by atoms with Gasteiger partial charge < -0.3 is 0 Å². The van der Waals surface area contributed by atoms with Crippen molar-refractivity contribution in [3.05, 3.63) is 33.0 Å². The number of hydrogen-bond acceptors (Lipinski definition) is 2. The molecule has 0 spiro atoms. The van der Waals surface area contributed by atoms with Gasteiger partial charge in [-0.05, 0) is 34.1 Å². The first-order valence-corrected chi connectivity index (χ1v) is 4.53. The Labute approximate surface area is 90.2 Å². The zero-order chi connectivity index (χ0) is 12.0. The molecule has 0 fully saturated rings. The molecule has 1 aliphatic rings. The Kier molecular flexibility index (Phi) is 4.08. The van der Waals surface area contributed by atoms with E-state index in [9.17, 15) is 9.59 Å². The first-order chi connectivity index (χ1) is 7.70. The van der Waals surface area contributed by atoms with E-state index in [-0.39, 0.29) is 0 Å². The largest absolute Gasteiger partial charge is 0.292 e. The predicted octanol–water partition coefficient (Wildman–Crippen LogP) is 2.24. The highest BCUT2D eigenvalue weighted by Gasteiger charge is 2.32. The maximum Gasteiger partial charge on any atom is 0.223 e. The van der Waals surface area contributed by atoms with Gasteiger partial charge in [0.1, 0.15) is 0 Å². The third-order valence-electron chi connectivity index (χ3n) is 2.35. The molecule has 0 aliphatic heterocycles. The van der Waals surface area contributed by atoms with Gasteiger partial charge in [-0.25, -0.2) is 0 Å². The summed E-state index contributed by atoms with van der Waals surface area (Å²) in [6, 6.07) is 0. The summed E-state index contributed by atoms with van der Waals surface area (Å²) in [5.74, 6) is -2.84.